The van der Waals surface area contributed by atoms with Crippen molar-refractivity contribution in [2.75, 3.05) is 19.6 Å². The van der Waals surface area contributed by atoms with Gasteiger partial charge in [-0.05, 0) is 38.3 Å². The highest BCUT2D eigenvalue weighted by Crippen LogP contribution is 2.25. The largest absolute Gasteiger partial charge is 0.309 e. The zero-order valence-electron chi connectivity index (χ0n) is 14.1. The molecule has 1 aromatic rings. The van der Waals surface area contributed by atoms with Crippen LogP contribution in [0.5, 0.6) is 0 Å². The van der Waals surface area contributed by atoms with Gasteiger partial charge in [-0.2, -0.15) is 0 Å². The first-order valence-electron chi connectivity index (χ1n) is 8.55. The molecule has 120 valence electrons. The Labute approximate surface area is 134 Å². The molecule has 0 spiro atoms. The zero-order valence-corrected chi connectivity index (χ0v) is 14.9. The Morgan fingerprint density at radius 3 is 2.57 bits per heavy atom. The lowest BCUT2D eigenvalue weighted by molar-refractivity contribution is 0.308. The third kappa shape index (κ3) is 5.68. The number of likely N-dealkylation sites (N-methyl/N-ethyl adjacent to an activating group) is 1. The summed E-state index contributed by atoms with van der Waals surface area (Å²) in [6.45, 7) is 13.5. The molecule has 1 aliphatic carbocycles. The van der Waals surface area contributed by atoms with Crippen molar-refractivity contribution >= 4 is 11.3 Å². The van der Waals surface area contributed by atoms with Crippen LogP contribution < -0.4 is 5.32 Å². The summed E-state index contributed by atoms with van der Waals surface area (Å²) < 4.78 is 0. The van der Waals surface area contributed by atoms with Gasteiger partial charge in [-0.3, -0.25) is 0 Å². The van der Waals surface area contributed by atoms with Crippen molar-refractivity contribution in [3.63, 3.8) is 0 Å². The van der Waals surface area contributed by atoms with Crippen molar-refractivity contribution in [2.45, 2.75) is 66.0 Å². The summed E-state index contributed by atoms with van der Waals surface area (Å²) in [6, 6.07) is 0.776. The molecular weight excluding hydrogens is 278 g/mol. The lowest BCUT2D eigenvalue weighted by atomic mass is 10.1. The van der Waals surface area contributed by atoms with Crippen molar-refractivity contribution in [3.05, 3.63) is 15.6 Å². The molecule has 0 saturated heterocycles. The first kappa shape index (κ1) is 16.9. The fourth-order valence-corrected chi connectivity index (χ4v) is 3.58. The molecule has 3 nitrogen and oxygen atoms in total. The van der Waals surface area contributed by atoms with Crippen molar-refractivity contribution in [1.82, 2.24) is 15.2 Å². The van der Waals surface area contributed by atoms with E-state index in [1.165, 1.54) is 28.4 Å². The molecule has 1 aromatic heterocycles. The van der Waals surface area contributed by atoms with Crippen LogP contribution in [0.1, 0.15) is 56.1 Å². The van der Waals surface area contributed by atoms with Gasteiger partial charge >= 0.3 is 0 Å². The molecule has 1 saturated carbocycles. The van der Waals surface area contributed by atoms with Crippen LogP contribution in [0.3, 0.4) is 0 Å². The van der Waals surface area contributed by atoms with Gasteiger partial charge in [0.2, 0.25) is 0 Å². The van der Waals surface area contributed by atoms with E-state index in [4.69, 9.17) is 4.98 Å². The van der Waals surface area contributed by atoms with Crippen LogP contribution in [0.15, 0.2) is 0 Å². The molecule has 21 heavy (non-hydrogen) atoms. The normalized spacial score (nSPS) is 15.3. The van der Waals surface area contributed by atoms with Crippen molar-refractivity contribution in [3.8, 4) is 0 Å². The maximum absolute atomic E-state index is 4.94. The highest BCUT2D eigenvalue weighted by Gasteiger charge is 2.21. The molecule has 0 bridgehead atoms. The summed E-state index contributed by atoms with van der Waals surface area (Å²) in [7, 11) is 0. The maximum atomic E-state index is 4.94. The van der Waals surface area contributed by atoms with E-state index in [9.17, 15) is 0 Å². The third-order valence-corrected chi connectivity index (χ3v) is 5.25. The Hall–Kier alpha value is -0.450. The molecule has 1 N–H and O–H groups in total. The van der Waals surface area contributed by atoms with Crippen LogP contribution in [-0.4, -0.2) is 35.6 Å². The van der Waals surface area contributed by atoms with Gasteiger partial charge in [-0.1, -0.05) is 27.7 Å². The third-order valence-electron chi connectivity index (χ3n) is 4.09. The smallest absolute Gasteiger partial charge is 0.0944 e. The summed E-state index contributed by atoms with van der Waals surface area (Å²) >= 11 is 1.93. The van der Waals surface area contributed by atoms with E-state index in [-0.39, 0.29) is 0 Å². The molecule has 1 aliphatic rings. The molecule has 1 heterocycles. The Morgan fingerprint density at radius 2 is 2.00 bits per heavy atom. The van der Waals surface area contributed by atoms with Gasteiger partial charge < -0.3 is 10.2 Å². The van der Waals surface area contributed by atoms with Crippen molar-refractivity contribution < 1.29 is 0 Å². The molecule has 4 heteroatoms. The Balaban J connectivity index is 1.95. The molecule has 2 rings (SSSR count). The average molecular weight is 310 g/mol. The number of thiazole rings is 1. The van der Waals surface area contributed by atoms with E-state index >= 15 is 0 Å². The van der Waals surface area contributed by atoms with E-state index in [0.717, 1.165) is 45.1 Å². The van der Waals surface area contributed by atoms with E-state index in [1.54, 1.807) is 0 Å². The van der Waals surface area contributed by atoms with Gasteiger partial charge in [0.1, 0.15) is 0 Å². The number of hydrogen-bond acceptors (Lipinski definition) is 4. The molecular formula is C17H31N3S. The summed E-state index contributed by atoms with van der Waals surface area (Å²) in [5, 5.41) is 4.97. The topological polar surface area (TPSA) is 28.2 Å². The van der Waals surface area contributed by atoms with Crippen LogP contribution in [0, 0.1) is 5.92 Å². The Bertz CT molecular complexity index is 420. The molecule has 0 unspecified atom stereocenters. The van der Waals surface area contributed by atoms with Crippen LogP contribution in [0.4, 0.5) is 0 Å². The Kier molecular flexibility index (Phi) is 6.65. The van der Waals surface area contributed by atoms with Gasteiger partial charge in [0.05, 0.1) is 10.7 Å². The standard InChI is InChI=1S/C17H31N3S/c1-5-20(6-2)10-9-17-19-15(11-13(3)4)16(21-17)12-18-14-7-8-14/h13-14,18H,5-12H2,1-4H3. The Morgan fingerprint density at radius 1 is 1.29 bits per heavy atom. The van der Waals surface area contributed by atoms with E-state index in [2.05, 4.69) is 37.9 Å². The highest BCUT2D eigenvalue weighted by atomic mass is 32.1. The second-order valence-electron chi connectivity index (χ2n) is 6.51. The van der Waals surface area contributed by atoms with E-state index in [0.29, 0.717) is 5.92 Å². The van der Waals surface area contributed by atoms with Gasteiger partial charge in [-0.15, -0.1) is 11.3 Å². The van der Waals surface area contributed by atoms with Crippen LogP contribution in [0.25, 0.3) is 0 Å². The summed E-state index contributed by atoms with van der Waals surface area (Å²) in [6.07, 6.45) is 4.92. The molecule has 0 aliphatic heterocycles. The van der Waals surface area contributed by atoms with Crippen LogP contribution in [0.2, 0.25) is 0 Å². The first-order chi connectivity index (χ1) is 10.1. The number of nitrogens with zero attached hydrogens (tertiary/aromatic N) is 2. The predicted molar refractivity (Wildman–Crippen MR) is 92.0 cm³/mol. The van der Waals surface area contributed by atoms with Crippen molar-refractivity contribution in [1.29, 1.82) is 0 Å². The van der Waals surface area contributed by atoms with Gasteiger partial charge in [-0.25, -0.2) is 4.98 Å². The summed E-state index contributed by atoms with van der Waals surface area (Å²) in [4.78, 5) is 8.90. The van der Waals surface area contributed by atoms with Crippen LogP contribution >= 0.6 is 11.3 Å². The van der Waals surface area contributed by atoms with E-state index in [1.807, 2.05) is 11.3 Å². The fraction of sp³-hybridized carbons (Fsp3) is 0.824. The number of aromatic nitrogens is 1. The second kappa shape index (κ2) is 8.25. The van der Waals surface area contributed by atoms with Gasteiger partial charge in [0.25, 0.3) is 0 Å². The number of hydrogen-bond donors (Lipinski definition) is 1. The lowest BCUT2D eigenvalue weighted by Crippen LogP contribution is -2.25. The fourth-order valence-electron chi connectivity index (χ4n) is 2.55. The predicted octanol–water partition coefficient (Wildman–Crippen LogP) is 3.48. The zero-order chi connectivity index (χ0) is 15.2. The molecule has 0 aromatic carbocycles. The van der Waals surface area contributed by atoms with Gasteiger partial charge in [0.15, 0.2) is 0 Å². The maximum Gasteiger partial charge on any atom is 0.0944 e. The van der Waals surface area contributed by atoms with Crippen molar-refractivity contribution in [2.24, 2.45) is 5.92 Å². The minimum atomic E-state index is 0.683. The molecule has 1 fully saturated rings. The molecule has 0 amide bonds. The highest BCUT2D eigenvalue weighted by molar-refractivity contribution is 7.11. The SMILES string of the molecule is CCN(CC)CCc1nc(CC(C)C)c(CNC2CC2)s1. The minimum absolute atomic E-state index is 0.683. The quantitative estimate of drug-likeness (QED) is 0.717. The first-order valence-corrected chi connectivity index (χ1v) is 9.37. The number of nitrogens with one attached hydrogen (secondary N) is 1. The van der Waals surface area contributed by atoms with E-state index < -0.39 is 0 Å². The van der Waals surface area contributed by atoms with Gasteiger partial charge in [0, 0.05) is 30.4 Å². The lowest BCUT2D eigenvalue weighted by Gasteiger charge is -2.16. The molecule has 0 atom stereocenters. The monoisotopic (exact) mass is 309 g/mol. The summed E-state index contributed by atoms with van der Waals surface area (Å²) in [5.74, 6) is 0.683. The summed E-state index contributed by atoms with van der Waals surface area (Å²) in [5.41, 5.74) is 1.35. The minimum Gasteiger partial charge on any atom is -0.309 e. The average Bonchev–Trinajstić information content (AvgIpc) is 3.20. The molecule has 0 radical (unpaired) electrons. The number of rotatable bonds is 10. The second-order valence-corrected chi connectivity index (χ2v) is 7.68. The van der Waals surface area contributed by atoms with Crippen LogP contribution in [-0.2, 0) is 19.4 Å².